The van der Waals surface area contributed by atoms with E-state index in [0.29, 0.717) is 22.6 Å². The molecule has 136 valence electrons. The highest BCUT2D eigenvalue weighted by atomic mass is 32.2. The van der Waals surface area contributed by atoms with E-state index in [9.17, 15) is 10.2 Å². The Morgan fingerprint density at radius 2 is 2.00 bits per heavy atom. The molecule has 9 nitrogen and oxygen atoms in total. The summed E-state index contributed by atoms with van der Waals surface area (Å²) in [5, 5.41) is 20.8. The molecule has 2 aromatic heterocycles. The minimum absolute atomic E-state index is 0.246. The van der Waals surface area contributed by atoms with Crippen LogP contribution in [0.1, 0.15) is 6.23 Å². The van der Waals surface area contributed by atoms with Gasteiger partial charge in [-0.05, 0) is 18.2 Å². The van der Waals surface area contributed by atoms with E-state index < -0.39 is 24.5 Å². The van der Waals surface area contributed by atoms with Crippen LogP contribution in [0.3, 0.4) is 0 Å². The fraction of sp³-hybridized carbons (Fsp3) is 0.312. The van der Waals surface area contributed by atoms with Crippen LogP contribution in [0.15, 0.2) is 41.8 Å². The Bertz CT molecular complexity index is 935. The van der Waals surface area contributed by atoms with Crippen molar-refractivity contribution in [3.63, 3.8) is 0 Å². The lowest BCUT2D eigenvalue weighted by Gasteiger charge is -2.16. The van der Waals surface area contributed by atoms with E-state index in [-0.39, 0.29) is 5.82 Å². The molecule has 4 atom stereocenters. The number of aliphatic hydroxyl groups excluding tert-OH is 2. The molecule has 1 aliphatic rings. The number of hydrogen-bond donors (Lipinski definition) is 4. The minimum atomic E-state index is -1.12. The molecule has 1 saturated heterocycles. The molecule has 1 aliphatic heterocycles. The molecular formula is C16H18N6O3S. The number of nitrogens with zero attached hydrogens (tertiary/aromatic N) is 4. The van der Waals surface area contributed by atoms with E-state index in [1.165, 1.54) is 24.4 Å². The molecule has 4 rings (SSSR count). The van der Waals surface area contributed by atoms with Crippen molar-refractivity contribution in [3.05, 3.63) is 36.9 Å². The maximum Gasteiger partial charge on any atom is 0.167 e. The second-order valence-corrected chi connectivity index (χ2v) is 7.11. The number of aromatic nitrogens is 4. The van der Waals surface area contributed by atoms with Gasteiger partial charge in [-0.2, -0.15) is 0 Å². The van der Waals surface area contributed by atoms with Gasteiger partial charge in [0.05, 0.1) is 12.4 Å². The molecule has 1 fully saturated rings. The Morgan fingerprint density at radius 1 is 1.15 bits per heavy atom. The number of thioether (sulfide) groups is 1. The van der Waals surface area contributed by atoms with E-state index in [4.69, 9.17) is 16.2 Å². The molecule has 26 heavy (non-hydrogen) atoms. The van der Waals surface area contributed by atoms with Crippen molar-refractivity contribution in [2.24, 2.45) is 0 Å². The summed E-state index contributed by atoms with van der Waals surface area (Å²) >= 11 is 1.50. The van der Waals surface area contributed by atoms with Crippen LogP contribution in [0.2, 0.25) is 0 Å². The second kappa shape index (κ2) is 6.72. The molecule has 0 radical (unpaired) electrons. The fourth-order valence-corrected chi connectivity index (χ4v) is 3.96. The molecule has 0 aliphatic carbocycles. The topological polar surface area (TPSA) is 145 Å². The zero-order valence-electron chi connectivity index (χ0n) is 13.6. The van der Waals surface area contributed by atoms with Gasteiger partial charge in [0.2, 0.25) is 0 Å². The van der Waals surface area contributed by atoms with Crippen LogP contribution in [0.5, 0.6) is 0 Å². The molecule has 0 bridgehead atoms. The van der Waals surface area contributed by atoms with E-state index >= 15 is 0 Å². The highest BCUT2D eigenvalue weighted by Crippen LogP contribution is 2.34. The monoisotopic (exact) mass is 374 g/mol. The SMILES string of the molecule is Nc1cccc(SC[C@@H]2O[C@H](n3cnc4c(N)ncnc43)[C@@H](O)[C@H]2O)c1. The van der Waals surface area contributed by atoms with Gasteiger partial charge in [0.1, 0.15) is 24.1 Å². The van der Waals surface area contributed by atoms with Crippen LogP contribution in [0.4, 0.5) is 11.5 Å². The maximum atomic E-state index is 10.4. The Labute approximate surface area is 153 Å². The largest absolute Gasteiger partial charge is 0.399 e. The van der Waals surface area contributed by atoms with Gasteiger partial charge in [0, 0.05) is 16.3 Å². The summed E-state index contributed by atoms with van der Waals surface area (Å²) in [4.78, 5) is 13.2. The van der Waals surface area contributed by atoms with Crippen LogP contribution < -0.4 is 11.5 Å². The van der Waals surface area contributed by atoms with E-state index in [0.717, 1.165) is 4.90 Å². The van der Waals surface area contributed by atoms with Crippen molar-refractivity contribution in [1.29, 1.82) is 0 Å². The lowest BCUT2D eigenvalue weighted by atomic mass is 10.1. The summed E-state index contributed by atoms with van der Waals surface area (Å²) in [5.74, 6) is 0.706. The predicted molar refractivity (Wildman–Crippen MR) is 97.2 cm³/mol. The van der Waals surface area contributed by atoms with Gasteiger partial charge in [0.15, 0.2) is 17.7 Å². The number of ether oxygens (including phenoxy) is 1. The molecule has 0 spiro atoms. The highest BCUT2D eigenvalue weighted by molar-refractivity contribution is 7.99. The quantitative estimate of drug-likeness (QED) is 0.376. The average molecular weight is 374 g/mol. The zero-order chi connectivity index (χ0) is 18.3. The first-order valence-electron chi connectivity index (χ1n) is 7.97. The number of benzene rings is 1. The molecule has 6 N–H and O–H groups in total. The number of nitrogens with two attached hydrogens (primary N) is 2. The normalized spacial score (nSPS) is 25.8. The number of hydrogen-bond acceptors (Lipinski definition) is 9. The Balaban J connectivity index is 1.53. The van der Waals surface area contributed by atoms with Crippen LogP contribution in [0.25, 0.3) is 11.2 Å². The Kier molecular flexibility index (Phi) is 4.41. The maximum absolute atomic E-state index is 10.4. The number of nitrogen functional groups attached to an aromatic ring is 2. The van der Waals surface area contributed by atoms with Gasteiger partial charge in [-0.3, -0.25) is 4.57 Å². The van der Waals surface area contributed by atoms with Crippen LogP contribution in [-0.4, -0.2) is 53.8 Å². The second-order valence-electron chi connectivity index (χ2n) is 6.01. The summed E-state index contributed by atoms with van der Waals surface area (Å²) in [7, 11) is 0. The molecule has 3 heterocycles. The van der Waals surface area contributed by atoms with Crippen molar-refractivity contribution >= 4 is 34.4 Å². The number of rotatable bonds is 4. The van der Waals surface area contributed by atoms with E-state index in [2.05, 4.69) is 15.0 Å². The van der Waals surface area contributed by atoms with Crippen LogP contribution in [0, 0.1) is 0 Å². The predicted octanol–water partition coefficient (Wildman–Crippen LogP) is 0.402. The standard InChI is InChI=1S/C16H18N6O3S/c17-8-2-1-3-9(4-8)26-5-10-12(23)13(24)16(25-10)22-7-21-11-14(18)19-6-20-15(11)22/h1-4,6-7,10,12-13,16,23-24H,5,17H2,(H2,18,19,20)/t10-,12-,13-,16-/m0/s1. The first-order chi connectivity index (χ1) is 12.5. The molecule has 1 aromatic carbocycles. The van der Waals surface area contributed by atoms with Crippen molar-refractivity contribution in [2.45, 2.75) is 29.4 Å². The van der Waals surface area contributed by atoms with E-state index in [1.54, 1.807) is 4.57 Å². The number of aliphatic hydroxyl groups is 2. The molecule has 0 amide bonds. The number of imidazole rings is 1. The molecule has 0 saturated carbocycles. The van der Waals surface area contributed by atoms with Crippen molar-refractivity contribution < 1.29 is 14.9 Å². The van der Waals surface area contributed by atoms with Gasteiger partial charge < -0.3 is 26.4 Å². The first kappa shape index (κ1) is 17.0. The molecule has 0 unspecified atom stereocenters. The van der Waals surface area contributed by atoms with Gasteiger partial charge >= 0.3 is 0 Å². The summed E-state index contributed by atoms with van der Waals surface area (Å²) in [6.45, 7) is 0. The van der Waals surface area contributed by atoms with Gasteiger partial charge in [-0.15, -0.1) is 11.8 Å². The summed E-state index contributed by atoms with van der Waals surface area (Å²) < 4.78 is 7.46. The average Bonchev–Trinajstić information content (AvgIpc) is 3.17. The molecular weight excluding hydrogens is 356 g/mol. The Morgan fingerprint density at radius 3 is 2.81 bits per heavy atom. The molecule has 3 aromatic rings. The van der Waals surface area contributed by atoms with Gasteiger partial charge in [-0.1, -0.05) is 6.07 Å². The first-order valence-corrected chi connectivity index (χ1v) is 8.96. The lowest BCUT2D eigenvalue weighted by Crippen LogP contribution is -2.32. The van der Waals surface area contributed by atoms with Gasteiger partial charge in [0.25, 0.3) is 0 Å². The lowest BCUT2D eigenvalue weighted by molar-refractivity contribution is -0.0289. The summed E-state index contributed by atoms with van der Waals surface area (Å²) in [6, 6.07) is 7.45. The third-order valence-corrected chi connectivity index (χ3v) is 5.35. The minimum Gasteiger partial charge on any atom is -0.399 e. The molecule has 10 heteroatoms. The number of fused-ring (bicyclic) bond motifs is 1. The third kappa shape index (κ3) is 2.97. The fourth-order valence-electron chi connectivity index (χ4n) is 2.94. The highest BCUT2D eigenvalue weighted by Gasteiger charge is 2.44. The van der Waals surface area contributed by atoms with Crippen LogP contribution >= 0.6 is 11.8 Å². The zero-order valence-corrected chi connectivity index (χ0v) is 14.5. The smallest absolute Gasteiger partial charge is 0.167 e. The Hall–Kier alpha value is -2.40. The van der Waals surface area contributed by atoms with Gasteiger partial charge in [-0.25, -0.2) is 15.0 Å². The van der Waals surface area contributed by atoms with E-state index in [1.807, 2.05) is 24.3 Å². The van der Waals surface area contributed by atoms with Crippen LogP contribution in [-0.2, 0) is 4.74 Å². The summed E-state index contributed by atoms with van der Waals surface area (Å²) in [6.07, 6.45) is -0.723. The third-order valence-electron chi connectivity index (χ3n) is 4.27. The van der Waals surface area contributed by atoms with Crippen molar-refractivity contribution in [2.75, 3.05) is 17.2 Å². The van der Waals surface area contributed by atoms with Crippen molar-refractivity contribution in [3.8, 4) is 0 Å². The van der Waals surface area contributed by atoms with Crippen molar-refractivity contribution in [1.82, 2.24) is 19.5 Å². The number of anilines is 2. The summed E-state index contributed by atoms with van der Waals surface area (Å²) in [5.41, 5.74) is 13.1.